The molecule has 2 N–H and O–H groups in total. The van der Waals surface area contributed by atoms with Gasteiger partial charge in [-0.25, -0.2) is 13.1 Å². The number of sulfonamides is 1. The molecule has 1 aromatic heterocycles. The van der Waals surface area contributed by atoms with Gasteiger partial charge in [0.1, 0.15) is 0 Å². The first kappa shape index (κ1) is 15.2. The lowest BCUT2D eigenvalue weighted by atomic mass is 10.1. The maximum absolute atomic E-state index is 11.8. The van der Waals surface area contributed by atoms with Crippen molar-refractivity contribution in [1.82, 2.24) is 10.0 Å². The Bertz CT molecular complexity index is 652. The summed E-state index contributed by atoms with van der Waals surface area (Å²) in [5.74, 6) is 0. The van der Waals surface area contributed by atoms with Gasteiger partial charge in [0, 0.05) is 12.6 Å². The Kier molecular flexibility index (Phi) is 4.93. The van der Waals surface area contributed by atoms with Gasteiger partial charge in [0.2, 0.25) is 10.0 Å². The van der Waals surface area contributed by atoms with Gasteiger partial charge in [-0.15, -0.1) is 0 Å². The highest BCUT2D eigenvalue weighted by atomic mass is 32.2. The molecule has 0 bridgehead atoms. The minimum absolute atomic E-state index is 0.0851. The van der Waals surface area contributed by atoms with Gasteiger partial charge in [0.05, 0.1) is 4.90 Å². The second kappa shape index (κ2) is 6.49. The van der Waals surface area contributed by atoms with Crippen LogP contribution in [0.5, 0.6) is 0 Å². The summed E-state index contributed by atoms with van der Waals surface area (Å²) < 4.78 is 25.9. The summed E-state index contributed by atoms with van der Waals surface area (Å²) in [7, 11) is -1.97. The maximum Gasteiger partial charge on any atom is 0.240 e. The highest BCUT2D eigenvalue weighted by Gasteiger charge is 2.13. The van der Waals surface area contributed by atoms with Crippen LogP contribution in [-0.2, 0) is 16.6 Å². The lowest BCUT2D eigenvalue weighted by Gasteiger charge is -2.15. The van der Waals surface area contributed by atoms with Gasteiger partial charge in [0.25, 0.3) is 0 Å². The van der Waals surface area contributed by atoms with E-state index in [2.05, 4.69) is 21.5 Å². The summed E-state index contributed by atoms with van der Waals surface area (Å²) in [6.45, 7) is 2.80. The normalized spacial score (nSPS) is 13.3. The molecule has 0 aliphatic rings. The summed E-state index contributed by atoms with van der Waals surface area (Å²) in [4.78, 5) is 0.293. The van der Waals surface area contributed by atoms with Crippen LogP contribution in [-0.4, -0.2) is 15.5 Å². The molecule has 20 heavy (non-hydrogen) atoms. The van der Waals surface area contributed by atoms with E-state index in [4.69, 9.17) is 0 Å². The first-order valence-electron chi connectivity index (χ1n) is 6.31. The third-order valence-electron chi connectivity index (χ3n) is 3.13. The van der Waals surface area contributed by atoms with Crippen molar-refractivity contribution in [3.8, 4) is 0 Å². The smallest absolute Gasteiger partial charge is 0.240 e. The Morgan fingerprint density at radius 3 is 2.75 bits per heavy atom. The lowest BCUT2D eigenvalue weighted by molar-refractivity contribution is 0.572. The maximum atomic E-state index is 11.8. The van der Waals surface area contributed by atoms with Crippen molar-refractivity contribution in [2.75, 3.05) is 7.05 Å². The van der Waals surface area contributed by atoms with E-state index in [-0.39, 0.29) is 6.04 Å². The van der Waals surface area contributed by atoms with Gasteiger partial charge in [-0.3, -0.25) is 0 Å². The average Bonchev–Trinajstić information content (AvgIpc) is 2.98. The van der Waals surface area contributed by atoms with E-state index >= 15 is 0 Å². The van der Waals surface area contributed by atoms with Crippen molar-refractivity contribution in [3.63, 3.8) is 0 Å². The van der Waals surface area contributed by atoms with Crippen molar-refractivity contribution in [1.29, 1.82) is 0 Å². The van der Waals surface area contributed by atoms with Crippen molar-refractivity contribution >= 4 is 21.4 Å². The largest absolute Gasteiger partial charge is 0.306 e. The zero-order chi connectivity index (χ0) is 14.6. The van der Waals surface area contributed by atoms with Crippen molar-refractivity contribution in [2.24, 2.45) is 0 Å². The van der Waals surface area contributed by atoms with E-state index in [0.717, 1.165) is 12.1 Å². The standard InChI is InChI=1S/C14H18N2O2S2/c1-11(16-9-12-6-7-19-10-12)13-4-3-5-14(8-13)20(17,18)15-2/h3-8,10-11,15-16H,9H2,1-2H3/t11-/m1/s1. The molecule has 4 nitrogen and oxygen atoms in total. The fourth-order valence-corrected chi connectivity index (χ4v) is 3.30. The molecule has 6 heteroatoms. The van der Waals surface area contributed by atoms with E-state index < -0.39 is 10.0 Å². The quantitative estimate of drug-likeness (QED) is 0.862. The van der Waals surface area contributed by atoms with Crippen molar-refractivity contribution in [3.05, 3.63) is 52.2 Å². The Labute approximate surface area is 123 Å². The summed E-state index contributed by atoms with van der Waals surface area (Å²) in [5, 5.41) is 7.53. The van der Waals surface area contributed by atoms with E-state index in [9.17, 15) is 8.42 Å². The number of benzene rings is 1. The molecule has 0 spiro atoms. The molecule has 0 saturated carbocycles. The molecule has 0 saturated heterocycles. The van der Waals surface area contributed by atoms with Crippen molar-refractivity contribution in [2.45, 2.75) is 24.4 Å². The van der Waals surface area contributed by atoms with Crippen LogP contribution in [0.15, 0.2) is 46.0 Å². The van der Waals surface area contributed by atoms with Crippen LogP contribution in [0.2, 0.25) is 0 Å². The molecule has 1 heterocycles. The lowest BCUT2D eigenvalue weighted by Crippen LogP contribution is -2.20. The molecule has 0 radical (unpaired) electrons. The summed E-state index contributed by atoms with van der Waals surface area (Å²) in [6, 6.07) is 9.16. The van der Waals surface area contributed by atoms with E-state index in [1.807, 2.05) is 18.4 Å². The third kappa shape index (κ3) is 3.67. The molecule has 2 aromatic rings. The van der Waals surface area contributed by atoms with Crippen LogP contribution in [0, 0.1) is 0 Å². The summed E-state index contributed by atoms with van der Waals surface area (Å²) >= 11 is 1.67. The number of rotatable bonds is 6. The minimum Gasteiger partial charge on any atom is -0.306 e. The average molecular weight is 310 g/mol. The summed E-state index contributed by atoms with van der Waals surface area (Å²) in [6.07, 6.45) is 0. The van der Waals surface area contributed by atoms with Gasteiger partial charge < -0.3 is 5.32 Å². The van der Waals surface area contributed by atoms with Crippen LogP contribution < -0.4 is 10.0 Å². The Hall–Kier alpha value is -1.21. The van der Waals surface area contributed by atoms with Gasteiger partial charge in [-0.2, -0.15) is 11.3 Å². The Morgan fingerprint density at radius 2 is 2.10 bits per heavy atom. The van der Waals surface area contributed by atoms with Gasteiger partial charge in [-0.1, -0.05) is 12.1 Å². The van der Waals surface area contributed by atoms with E-state index in [1.54, 1.807) is 29.5 Å². The van der Waals surface area contributed by atoms with Gasteiger partial charge >= 0.3 is 0 Å². The zero-order valence-electron chi connectivity index (χ0n) is 11.5. The van der Waals surface area contributed by atoms with Crippen LogP contribution >= 0.6 is 11.3 Å². The van der Waals surface area contributed by atoms with Crippen molar-refractivity contribution < 1.29 is 8.42 Å². The second-order valence-corrected chi connectivity index (χ2v) is 7.18. The van der Waals surface area contributed by atoms with Crippen LogP contribution in [0.25, 0.3) is 0 Å². The van der Waals surface area contributed by atoms with Crippen LogP contribution in [0.4, 0.5) is 0 Å². The predicted molar refractivity (Wildman–Crippen MR) is 82.3 cm³/mol. The van der Waals surface area contributed by atoms with E-state index in [1.165, 1.54) is 12.6 Å². The SMILES string of the molecule is CNS(=O)(=O)c1cccc([C@@H](C)NCc2ccsc2)c1. The fraction of sp³-hybridized carbons (Fsp3) is 0.286. The van der Waals surface area contributed by atoms with Crippen LogP contribution in [0.1, 0.15) is 24.1 Å². The molecule has 0 fully saturated rings. The van der Waals surface area contributed by atoms with Gasteiger partial charge in [-0.05, 0) is 54.1 Å². The molecular weight excluding hydrogens is 292 g/mol. The fourth-order valence-electron chi connectivity index (χ4n) is 1.85. The Balaban J connectivity index is 2.10. The minimum atomic E-state index is -3.39. The Morgan fingerprint density at radius 1 is 1.30 bits per heavy atom. The number of hydrogen-bond acceptors (Lipinski definition) is 4. The predicted octanol–water partition coefficient (Wildman–Crippen LogP) is 2.51. The van der Waals surface area contributed by atoms with E-state index in [0.29, 0.717) is 4.90 Å². The zero-order valence-corrected chi connectivity index (χ0v) is 13.1. The monoisotopic (exact) mass is 310 g/mol. The molecule has 0 unspecified atom stereocenters. The molecule has 1 atom stereocenters. The molecule has 108 valence electrons. The van der Waals surface area contributed by atoms with Crippen LogP contribution in [0.3, 0.4) is 0 Å². The highest BCUT2D eigenvalue weighted by Crippen LogP contribution is 2.18. The van der Waals surface area contributed by atoms with Gasteiger partial charge in [0.15, 0.2) is 0 Å². The second-order valence-electron chi connectivity index (χ2n) is 4.51. The molecule has 0 amide bonds. The molecule has 0 aliphatic carbocycles. The third-order valence-corrected chi connectivity index (χ3v) is 5.27. The molecular formula is C14H18N2O2S2. The summed E-state index contributed by atoms with van der Waals surface area (Å²) in [5.41, 5.74) is 2.19. The molecule has 0 aliphatic heterocycles. The number of hydrogen-bond donors (Lipinski definition) is 2. The number of thiophene rings is 1. The highest BCUT2D eigenvalue weighted by molar-refractivity contribution is 7.89. The molecule has 2 rings (SSSR count). The first-order valence-corrected chi connectivity index (χ1v) is 8.73. The first-order chi connectivity index (χ1) is 9.53. The topological polar surface area (TPSA) is 58.2 Å². The molecule has 1 aromatic carbocycles. The number of nitrogens with one attached hydrogen (secondary N) is 2.